The Morgan fingerprint density at radius 3 is 2.19 bits per heavy atom. The summed E-state index contributed by atoms with van der Waals surface area (Å²) in [6.45, 7) is 14.2. The molecule has 1 fully saturated rings. The van der Waals surface area contributed by atoms with Gasteiger partial charge in [-0.05, 0) is 36.9 Å². The minimum Gasteiger partial charge on any atom is -0.481 e. The van der Waals surface area contributed by atoms with E-state index in [9.17, 15) is 43.5 Å². The van der Waals surface area contributed by atoms with Crippen molar-refractivity contribution in [2.45, 2.75) is 109 Å². The zero-order valence-electron chi connectivity index (χ0n) is 37.5. The molecule has 342 valence electrons. The quantitative estimate of drug-likeness (QED) is 0.0691. The SMILES string of the molecule is CN[C@H](C(=O)N[C@H](C(=O)N(C)[C@H](/C=C(\C)C(=O)N[C@H](CC(=O)O)C(=O)NCCN1C(=O)CC(SC[C@H](N)C(=O)O)C1=O)C(C)C)C(C)(C)C)C(C)(C)c1cn(C)c2ccccc12. The second-order valence-electron chi connectivity index (χ2n) is 17.7. The number of hydrogen-bond acceptors (Lipinski definition) is 11. The van der Waals surface area contributed by atoms with Crippen LogP contribution in [0.15, 0.2) is 42.1 Å². The number of imide groups is 1. The fourth-order valence-corrected chi connectivity index (χ4v) is 8.63. The molecule has 1 aromatic heterocycles. The van der Waals surface area contributed by atoms with Crippen molar-refractivity contribution in [2.75, 3.05) is 32.9 Å². The van der Waals surface area contributed by atoms with Crippen LogP contribution in [-0.2, 0) is 50.8 Å². The topological polar surface area (TPSA) is 263 Å². The molecule has 19 heteroatoms. The lowest BCUT2D eigenvalue weighted by molar-refractivity contribution is -0.141. The average molecular weight is 885 g/mol. The third-order valence-corrected chi connectivity index (χ3v) is 12.5. The van der Waals surface area contributed by atoms with Gasteiger partial charge in [0.05, 0.1) is 23.8 Å². The lowest BCUT2D eigenvalue weighted by Crippen LogP contribution is -2.61. The molecule has 0 spiro atoms. The molecule has 0 bridgehead atoms. The Bertz CT molecular complexity index is 2060. The third-order valence-electron chi connectivity index (χ3n) is 11.2. The summed E-state index contributed by atoms with van der Waals surface area (Å²) in [6.07, 6.45) is 2.62. The molecule has 0 radical (unpaired) electrons. The van der Waals surface area contributed by atoms with Gasteiger partial charge >= 0.3 is 11.9 Å². The first-order chi connectivity index (χ1) is 28.7. The summed E-state index contributed by atoms with van der Waals surface area (Å²) in [5.41, 5.74) is 6.12. The molecule has 8 N–H and O–H groups in total. The number of nitrogens with two attached hydrogens (primary N) is 1. The maximum absolute atomic E-state index is 14.4. The van der Waals surface area contributed by atoms with E-state index >= 15 is 0 Å². The Labute approximate surface area is 367 Å². The number of benzene rings is 1. The number of aromatic nitrogens is 1. The predicted molar refractivity (Wildman–Crippen MR) is 236 cm³/mol. The van der Waals surface area contributed by atoms with E-state index in [1.807, 2.05) is 90.5 Å². The van der Waals surface area contributed by atoms with Gasteiger partial charge in [0.2, 0.25) is 35.4 Å². The van der Waals surface area contributed by atoms with Crippen LogP contribution in [0.4, 0.5) is 0 Å². The molecule has 1 aromatic carbocycles. The molecule has 18 nitrogen and oxygen atoms in total. The zero-order valence-corrected chi connectivity index (χ0v) is 38.3. The molecule has 1 unspecified atom stereocenters. The molecule has 2 aromatic rings. The minimum atomic E-state index is -1.54. The second kappa shape index (κ2) is 21.2. The summed E-state index contributed by atoms with van der Waals surface area (Å²) >= 11 is 0.948. The van der Waals surface area contributed by atoms with Crippen LogP contribution < -0.4 is 27.0 Å². The van der Waals surface area contributed by atoms with Crippen molar-refractivity contribution in [1.82, 2.24) is 35.6 Å². The second-order valence-corrected chi connectivity index (χ2v) is 19.0. The molecule has 3 rings (SSSR count). The number of carbonyl (C=O) groups excluding carboxylic acids is 6. The number of aryl methyl sites for hydroxylation is 1. The van der Waals surface area contributed by atoms with E-state index < -0.39 is 94.2 Å². The van der Waals surface area contributed by atoms with E-state index in [0.29, 0.717) is 0 Å². The van der Waals surface area contributed by atoms with Crippen molar-refractivity contribution in [3.8, 4) is 0 Å². The first-order valence-electron chi connectivity index (χ1n) is 20.5. The summed E-state index contributed by atoms with van der Waals surface area (Å²) in [6, 6.07) is 2.79. The smallest absolute Gasteiger partial charge is 0.321 e. The molecule has 6 amide bonds. The van der Waals surface area contributed by atoms with Gasteiger partial charge in [-0.15, -0.1) is 11.8 Å². The number of hydrogen-bond donors (Lipinski definition) is 7. The van der Waals surface area contributed by atoms with Crippen LogP contribution in [0.2, 0.25) is 0 Å². The van der Waals surface area contributed by atoms with Crippen LogP contribution in [-0.4, -0.2) is 140 Å². The fourth-order valence-electron chi connectivity index (χ4n) is 7.52. The van der Waals surface area contributed by atoms with E-state index in [1.165, 1.54) is 11.8 Å². The van der Waals surface area contributed by atoms with Gasteiger partial charge < -0.3 is 46.7 Å². The van der Waals surface area contributed by atoms with Crippen LogP contribution in [0.1, 0.15) is 73.8 Å². The van der Waals surface area contributed by atoms with Crippen molar-refractivity contribution < 1.29 is 48.6 Å². The number of nitrogens with one attached hydrogen (secondary N) is 4. The highest BCUT2D eigenvalue weighted by Gasteiger charge is 2.43. The van der Waals surface area contributed by atoms with Gasteiger partial charge in [-0.25, -0.2) is 0 Å². The molecule has 62 heavy (non-hydrogen) atoms. The summed E-state index contributed by atoms with van der Waals surface area (Å²) in [5.74, 6) is -6.44. The van der Waals surface area contributed by atoms with E-state index in [2.05, 4.69) is 21.3 Å². The first kappa shape index (κ1) is 51.1. The van der Waals surface area contributed by atoms with E-state index in [1.54, 1.807) is 20.2 Å². The minimum absolute atomic E-state index is 0.0855. The van der Waals surface area contributed by atoms with Crippen molar-refractivity contribution in [3.05, 3.63) is 47.7 Å². The van der Waals surface area contributed by atoms with Gasteiger partial charge in [0.15, 0.2) is 0 Å². The zero-order chi connectivity index (χ0) is 47.0. The van der Waals surface area contributed by atoms with E-state index in [4.69, 9.17) is 10.8 Å². The number of para-hydroxylation sites is 1. The van der Waals surface area contributed by atoms with Gasteiger partial charge in [-0.3, -0.25) is 43.3 Å². The molecule has 1 aliphatic rings. The average Bonchev–Trinajstić information content (AvgIpc) is 3.67. The lowest BCUT2D eigenvalue weighted by Gasteiger charge is -2.39. The monoisotopic (exact) mass is 884 g/mol. The normalized spacial score (nSPS) is 17.3. The van der Waals surface area contributed by atoms with Crippen molar-refractivity contribution in [2.24, 2.45) is 24.1 Å². The van der Waals surface area contributed by atoms with Crippen LogP contribution in [0.5, 0.6) is 0 Å². The Kier molecular flexibility index (Phi) is 17.5. The van der Waals surface area contributed by atoms with Crippen LogP contribution in [0.3, 0.4) is 0 Å². The Morgan fingerprint density at radius 1 is 1.00 bits per heavy atom. The van der Waals surface area contributed by atoms with Crippen LogP contribution in [0.25, 0.3) is 10.9 Å². The molecule has 2 heterocycles. The number of carbonyl (C=O) groups is 8. The highest BCUT2D eigenvalue weighted by atomic mass is 32.2. The van der Waals surface area contributed by atoms with Crippen molar-refractivity contribution in [1.29, 1.82) is 0 Å². The van der Waals surface area contributed by atoms with Crippen LogP contribution >= 0.6 is 11.8 Å². The number of likely N-dealkylation sites (N-methyl/N-ethyl adjacent to an activating group) is 2. The standard InChI is InChI=1S/C43H64N8O10S/c1-23(2)30(50(11)40(59)35(42(4,5)6)48-38(57)34(45-9)43(7,8)26-21-49(10)29-15-13-12-14-25(26)29)18-24(3)36(55)47-28(19-33(53)54)37(56)46-16-17-51-32(52)20-31(39(51)58)62-22-27(44)41(60)61/h12-15,18,21,23,27-28,30-31,34-35,45H,16-17,19-20,22,44H2,1-11H3,(H,46,56)(H,47,55)(H,48,57)(H,53,54)(H,60,61)/b24-18+/t27-,28+,30+,31?,34+,35+/m0/s1. The molecule has 6 atom stereocenters. The lowest BCUT2D eigenvalue weighted by atomic mass is 9.76. The van der Waals surface area contributed by atoms with Crippen molar-refractivity contribution >= 4 is 70.0 Å². The number of thioether (sulfide) groups is 1. The summed E-state index contributed by atoms with van der Waals surface area (Å²) in [7, 11) is 5.24. The number of likely N-dealkylation sites (tertiary alicyclic amines) is 1. The summed E-state index contributed by atoms with van der Waals surface area (Å²) in [4.78, 5) is 106. The van der Waals surface area contributed by atoms with Gasteiger partial charge in [0.25, 0.3) is 0 Å². The number of rotatable bonds is 21. The third kappa shape index (κ3) is 12.4. The summed E-state index contributed by atoms with van der Waals surface area (Å²) < 4.78 is 2.02. The Balaban J connectivity index is 1.74. The Hall–Kier alpha value is -5.27. The van der Waals surface area contributed by atoms with Gasteiger partial charge in [-0.2, -0.15) is 0 Å². The van der Waals surface area contributed by atoms with Gasteiger partial charge in [-0.1, -0.05) is 72.7 Å². The Morgan fingerprint density at radius 2 is 1.63 bits per heavy atom. The number of carboxylic acids is 2. The maximum Gasteiger partial charge on any atom is 0.321 e. The molecule has 0 saturated carbocycles. The molecule has 1 saturated heterocycles. The maximum atomic E-state index is 14.4. The largest absolute Gasteiger partial charge is 0.481 e. The van der Waals surface area contributed by atoms with Crippen molar-refractivity contribution in [3.63, 3.8) is 0 Å². The number of nitrogens with zero attached hydrogens (tertiary/aromatic N) is 3. The van der Waals surface area contributed by atoms with E-state index in [-0.39, 0.29) is 42.7 Å². The number of amides is 6. The number of carboxylic acid groups (broad SMARTS) is 2. The number of aliphatic carboxylic acids is 2. The summed E-state index contributed by atoms with van der Waals surface area (Å²) in [5, 5.41) is 29.9. The molecular weight excluding hydrogens is 821 g/mol. The molecule has 0 aliphatic carbocycles. The molecule has 1 aliphatic heterocycles. The molecular formula is C43H64N8O10S. The van der Waals surface area contributed by atoms with Gasteiger partial charge in [0, 0.05) is 67.4 Å². The van der Waals surface area contributed by atoms with E-state index in [0.717, 1.165) is 33.1 Å². The van der Waals surface area contributed by atoms with Gasteiger partial charge in [0.1, 0.15) is 18.1 Å². The highest BCUT2D eigenvalue weighted by molar-refractivity contribution is 8.00. The number of fused-ring (bicyclic) bond motifs is 1. The predicted octanol–water partition coefficient (Wildman–Crippen LogP) is 1.35. The fraction of sp³-hybridized carbons (Fsp3) is 0.581. The first-order valence-corrected chi connectivity index (χ1v) is 21.5. The van der Waals surface area contributed by atoms with Crippen LogP contribution in [0, 0.1) is 11.3 Å². The highest BCUT2D eigenvalue weighted by Crippen LogP contribution is 2.35.